The highest BCUT2D eigenvalue weighted by Gasteiger charge is 2.05. The van der Waals surface area contributed by atoms with Gasteiger partial charge in [-0.3, -0.25) is 4.68 Å². The highest BCUT2D eigenvalue weighted by molar-refractivity contribution is 5.81. The van der Waals surface area contributed by atoms with Crippen LogP contribution < -0.4 is 5.32 Å². The van der Waals surface area contributed by atoms with E-state index in [2.05, 4.69) is 16.5 Å². The molecule has 0 saturated heterocycles. The molecule has 2 aromatic rings. The summed E-state index contributed by atoms with van der Waals surface area (Å²) in [7, 11) is 3.93. The van der Waals surface area contributed by atoms with Gasteiger partial charge in [-0.25, -0.2) is 0 Å². The van der Waals surface area contributed by atoms with Crippen LogP contribution in [0.3, 0.4) is 0 Å². The third-order valence-corrected chi connectivity index (χ3v) is 2.21. The van der Waals surface area contributed by atoms with Gasteiger partial charge in [0.05, 0.1) is 11.2 Å². The molecule has 2 rings (SSSR count). The number of rotatable bonds is 2. The van der Waals surface area contributed by atoms with E-state index in [1.165, 1.54) is 11.1 Å². The predicted octanol–water partition coefficient (Wildman–Crippen LogP) is 1.29. The molecule has 0 atom stereocenters. The van der Waals surface area contributed by atoms with Crippen molar-refractivity contribution in [1.82, 2.24) is 15.1 Å². The van der Waals surface area contributed by atoms with Crippen LogP contribution in [0.4, 0.5) is 0 Å². The fourth-order valence-corrected chi connectivity index (χ4v) is 1.58. The van der Waals surface area contributed by atoms with Gasteiger partial charge in [-0.05, 0) is 13.1 Å². The number of aromatic nitrogens is 2. The van der Waals surface area contributed by atoms with Gasteiger partial charge < -0.3 is 5.32 Å². The van der Waals surface area contributed by atoms with Crippen LogP contribution in [0.5, 0.6) is 0 Å². The lowest BCUT2D eigenvalue weighted by molar-refractivity contribution is 0.680. The quantitative estimate of drug-likeness (QED) is 0.745. The first kappa shape index (κ1) is 8.26. The third kappa shape index (κ3) is 1.31. The van der Waals surface area contributed by atoms with E-state index in [4.69, 9.17) is 0 Å². The van der Waals surface area contributed by atoms with Crippen molar-refractivity contribution in [2.45, 2.75) is 6.54 Å². The Labute approximate surface area is 77.4 Å². The summed E-state index contributed by atoms with van der Waals surface area (Å²) < 4.78 is 1.93. The average Bonchev–Trinajstić information content (AvgIpc) is 2.44. The zero-order valence-electron chi connectivity index (χ0n) is 7.91. The number of nitrogens with one attached hydrogen (secondary N) is 1. The van der Waals surface area contributed by atoms with Crippen LogP contribution in [0.25, 0.3) is 10.9 Å². The SMILES string of the molecule is CNCc1c2ccccc2nn1C. The number of benzene rings is 1. The zero-order chi connectivity index (χ0) is 9.26. The largest absolute Gasteiger partial charge is 0.314 e. The second-order valence-electron chi connectivity index (χ2n) is 3.12. The van der Waals surface area contributed by atoms with Gasteiger partial charge in [-0.2, -0.15) is 5.10 Å². The van der Waals surface area contributed by atoms with Gasteiger partial charge in [0, 0.05) is 19.0 Å². The van der Waals surface area contributed by atoms with Gasteiger partial charge in [-0.15, -0.1) is 0 Å². The van der Waals surface area contributed by atoms with E-state index in [0.717, 1.165) is 12.1 Å². The van der Waals surface area contributed by atoms with E-state index < -0.39 is 0 Å². The highest BCUT2D eigenvalue weighted by atomic mass is 15.3. The summed E-state index contributed by atoms with van der Waals surface area (Å²) in [5, 5.41) is 8.79. The van der Waals surface area contributed by atoms with Gasteiger partial charge in [0.25, 0.3) is 0 Å². The predicted molar refractivity (Wildman–Crippen MR) is 53.5 cm³/mol. The maximum Gasteiger partial charge on any atom is 0.0926 e. The third-order valence-electron chi connectivity index (χ3n) is 2.21. The van der Waals surface area contributed by atoms with Crippen LogP contribution >= 0.6 is 0 Å². The molecule has 1 aromatic heterocycles. The van der Waals surface area contributed by atoms with Gasteiger partial charge in [-0.1, -0.05) is 18.2 Å². The molecule has 0 aliphatic heterocycles. The molecular weight excluding hydrogens is 162 g/mol. The summed E-state index contributed by atoms with van der Waals surface area (Å²) in [5.41, 5.74) is 2.30. The number of fused-ring (bicyclic) bond motifs is 1. The summed E-state index contributed by atoms with van der Waals surface area (Å²) in [5.74, 6) is 0. The van der Waals surface area contributed by atoms with E-state index >= 15 is 0 Å². The van der Waals surface area contributed by atoms with Crippen molar-refractivity contribution in [1.29, 1.82) is 0 Å². The Kier molecular flexibility index (Phi) is 2.02. The molecule has 0 spiro atoms. The van der Waals surface area contributed by atoms with Crippen LogP contribution in [-0.2, 0) is 13.6 Å². The first-order valence-electron chi connectivity index (χ1n) is 4.38. The Morgan fingerprint density at radius 2 is 2.15 bits per heavy atom. The minimum absolute atomic E-state index is 0.858. The monoisotopic (exact) mass is 175 g/mol. The van der Waals surface area contributed by atoms with Crippen LogP contribution in [0.1, 0.15) is 5.69 Å². The lowest BCUT2D eigenvalue weighted by atomic mass is 10.2. The Morgan fingerprint density at radius 3 is 2.92 bits per heavy atom. The first-order chi connectivity index (χ1) is 6.33. The maximum atomic E-state index is 4.41. The molecule has 13 heavy (non-hydrogen) atoms. The molecule has 1 aromatic carbocycles. The van der Waals surface area contributed by atoms with E-state index in [1.54, 1.807) is 0 Å². The number of aryl methyl sites for hydroxylation is 1. The molecule has 3 nitrogen and oxygen atoms in total. The fourth-order valence-electron chi connectivity index (χ4n) is 1.58. The van der Waals surface area contributed by atoms with Crippen molar-refractivity contribution < 1.29 is 0 Å². The molecule has 0 amide bonds. The van der Waals surface area contributed by atoms with Crippen molar-refractivity contribution in [2.75, 3.05) is 7.05 Å². The Balaban J connectivity index is 2.64. The second kappa shape index (κ2) is 3.18. The minimum Gasteiger partial charge on any atom is -0.314 e. The number of hydrogen-bond acceptors (Lipinski definition) is 2. The minimum atomic E-state index is 0.858. The molecule has 0 radical (unpaired) electrons. The van der Waals surface area contributed by atoms with E-state index in [0.29, 0.717) is 0 Å². The zero-order valence-corrected chi connectivity index (χ0v) is 7.91. The van der Waals surface area contributed by atoms with Crippen molar-refractivity contribution in [3.8, 4) is 0 Å². The van der Waals surface area contributed by atoms with Gasteiger partial charge in [0.2, 0.25) is 0 Å². The molecule has 0 aliphatic rings. The molecular formula is C10H13N3. The summed E-state index contributed by atoms with van der Waals surface area (Å²) in [4.78, 5) is 0. The van der Waals surface area contributed by atoms with E-state index in [9.17, 15) is 0 Å². The summed E-state index contributed by atoms with van der Waals surface area (Å²) in [6, 6.07) is 8.20. The van der Waals surface area contributed by atoms with Crippen molar-refractivity contribution in [3.05, 3.63) is 30.0 Å². The molecule has 1 N–H and O–H groups in total. The molecule has 68 valence electrons. The first-order valence-corrected chi connectivity index (χ1v) is 4.38. The van der Waals surface area contributed by atoms with Crippen molar-refractivity contribution >= 4 is 10.9 Å². The average molecular weight is 175 g/mol. The molecule has 0 fully saturated rings. The standard InChI is InChI=1S/C10H13N3/c1-11-7-10-8-5-3-4-6-9(8)12-13(10)2/h3-6,11H,7H2,1-2H3. The highest BCUT2D eigenvalue weighted by Crippen LogP contribution is 2.16. The maximum absolute atomic E-state index is 4.41. The topological polar surface area (TPSA) is 29.9 Å². The van der Waals surface area contributed by atoms with E-state index in [-0.39, 0.29) is 0 Å². The van der Waals surface area contributed by atoms with Crippen LogP contribution in [-0.4, -0.2) is 16.8 Å². The summed E-state index contributed by atoms with van der Waals surface area (Å²) in [6.45, 7) is 0.858. The van der Waals surface area contributed by atoms with E-state index in [1.807, 2.05) is 37.0 Å². The van der Waals surface area contributed by atoms with Crippen molar-refractivity contribution in [3.63, 3.8) is 0 Å². The molecule has 0 aliphatic carbocycles. The van der Waals surface area contributed by atoms with Crippen LogP contribution in [0.15, 0.2) is 24.3 Å². The van der Waals surface area contributed by atoms with Gasteiger partial charge in [0.15, 0.2) is 0 Å². The normalized spacial score (nSPS) is 10.9. The molecule has 1 heterocycles. The Morgan fingerprint density at radius 1 is 1.38 bits per heavy atom. The summed E-state index contributed by atoms with van der Waals surface area (Å²) in [6.07, 6.45) is 0. The summed E-state index contributed by atoms with van der Waals surface area (Å²) >= 11 is 0. The smallest absolute Gasteiger partial charge is 0.0926 e. The molecule has 0 bridgehead atoms. The molecule has 0 unspecified atom stereocenters. The van der Waals surface area contributed by atoms with Crippen molar-refractivity contribution in [2.24, 2.45) is 7.05 Å². The molecule has 0 saturated carbocycles. The lowest BCUT2D eigenvalue weighted by Gasteiger charge is -1.99. The number of nitrogens with zero attached hydrogens (tertiary/aromatic N) is 2. The van der Waals surface area contributed by atoms with Crippen LogP contribution in [0, 0.1) is 0 Å². The Bertz CT molecular complexity index is 417. The lowest BCUT2D eigenvalue weighted by Crippen LogP contribution is -2.09. The van der Waals surface area contributed by atoms with Crippen LogP contribution in [0.2, 0.25) is 0 Å². The molecule has 3 heteroatoms. The Hall–Kier alpha value is -1.35. The number of hydrogen-bond donors (Lipinski definition) is 1. The fraction of sp³-hybridized carbons (Fsp3) is 0.300. The van der Waals surface area contributed by atoms with Gasteiger partial charge in [0.1, 0.15) is 0 Å². The second-order valence-corrected chi connectivity index (χ2v) is 3.12. The van der Waals surface area contributed by atoms with Gasteiger partial charge >= 0.3 is 0 Å².